The van der Waals surface area contributed by atoms with Gasteiger partial charge in [0.2, 0.25) is 5.91 Å². The number of piperidine rings is 1. The quantitative estimate of drug-likeness (QED) is 0.897. The molecule has 2 rings (SSSR count). The highest BCUT2D eigenvalue weighted by atomic mass is 16.2. The molecule has 2 N–H and O–H groups in total. The Labute approximate surface area is 138 Å². The summed E-state index contributed by atoms with van der Waals surface area (Å²) in [4.78, 5) is 26.4. The molecule has 1 aliphatic rings. The standard InChI is InChI=1S/C18H27N3O2/c1-13(2)19-18(23)21-11-7-10-16(12-21)17(22)20-14(3)15-8-5-4-6-9-15/h4-6,8-9,13-14,16H,7,10-12H2,1-3H3,(H,19,23)(H,20,22)/t14-,16+/m0/s1. The van der Waals surface area contributed by atoms with Crippen molar-refractivity contribution in [1.82, 2.24) is 15.5 Å². The molecule has 0 radical (unpaired) electrons. The van der Waals surface area contributed by atoms with Crippen molar-refractivity contribution in [3.63, 3.8) is 0 Å². The number of amides is 3. The molecule has 1 heterocycles. The van der Waals surface area contributed by atoms with Crippen molar-refractivity contribution >= 4 is 11.9 Å². The van der Waals surface area contributed by atoms with E-state index in [0.29, 0.717) is 6.54 Å². The lowest BCUT2D eigenvalue weighted by Crippen LogP contribution is -2.50. The topological polar surface area (TPSA) is 61.4 Å². The maximum Gasteiger partial charge on any atom is 0.317 e. The van der Waals surface area contributed by atoms with E-state index in [0.717, 1.165) is 24.9 Å². The summed E-state index contributed by atoms with van der Waals surface area (Å²) in [5, 5.41) is 5.96. The van der Waals surface area contributed by atoms with Crippen LogP contribution in [0.4, 0.5) is 4.79 Å². The lowest BCUT2D eigenvalue weighted by atomic mass is 9.96. The zero-order valence-electron chi connectivity index (χ0n) is 14.2. The Morgan fingerprint density at radius 1 is 1.13 bits per heavy atom. The summed E-state index contributed by atoms with van der Waals surface area (Å²) in [6.45, 7) is 7.07. The van der Waals surface area contributed by atoms with Gasteiger partial charge >= 0.3 is 6.03 Å². The van der Waals surface area contributed by atoms with Crippen LogP contribution in [0, 0.1) is 5.92 Å². The van der Waals surface area contributed by atoms with E-state index in [4.69, 9.17) is 0 Å². The molecule has 1 aliphatic heterocycles. The summed E-state index contributed by atoms with van der Waals surface area (Å²) in [5.41, 5.74) is 1.09. The highest BCUT2D eigenvalue weighted by Gasteiger charge is 2.29. The van der Waals surface area contributed by atoms with Crippen molar-refractivity contribution < 1.29 is 9.59 Å². The Morgan fingerprint density at radius 2 is 1.83 bits per heavy atom. The summed E-state index contributed by atoms with van der Waals surface area (Å²) in [7, 11) is 0. The van der Waals surface area contributed by atoms with E-state index in [-0.39, 0.29) is 29.9 Å². The Kier molecular flexibility index (Phi) is 6.02. The van der Waals surface area contributed by atoms with Crippen LogP contribution in [-0.4, -0.2) is 36.0 Å². The number of hydrogen-bond donors (Lipinski definition) is 2. The van der Waals surface area contributed by atoms with Crippen molar-refractivity contribution in [2.45, 2.75) is 45.7 Å². The third kappa shape index (κ3) is 4.98. The third-order valence-electron chi connectivity index (χ3n) is 4.15. The average Bonchev–Trinajstić information content (AvgIpc) is 2.55. The van der Waals surface area contributed by atoms with Gasteiger partial charge in [-0.2, -0.15) is 0 Å². The molecule has 0 aromatic heterocycles. The second-order valence-corrected chi connectivity index (χ2v) is 6.53. The van der Waals surface area contributed by atoms with E-state index < -0.39 is 0 Å². The van der Waals surface area contributed by atoms with Gasteiger partial charge < -0.3 is 15.5 Å². The van der Waals surface area contributed by atoms with Crippen molar-refractivity contribution in [3.05, 3.63) is 35.9 Å². The SMILES string of the molecule is CC(C)NC(=O)N1CCC[C@@H](C(=O)N[C@@H](C)c2ccccc2)C1. The third-order valence-corrected chi connectivity index (χ3v) is 4.15. The summed E-state index contributed by atoms with van der Waals surface area (Å²) in [6.07, 6.45) is 1.70. The Balaban J connectivity index is 1.90. The maximum absolute atomic E-state index is 12.5. The zero-order chi connectivity index (χ0) is 16.8. The number of likely N-dealkylation sites (tertiary alicyclic amines) is 1. The minimum atomic E-state index is -0.132. The second kappa shape index (κ2) is 7.99. The number of rotatable bonds is 4. The molecule has 5 heteroatoms. The van der Waals surface area contributed by atoms with Gasteiger partial charge in [-0.15, -0.1) is 0 Å². The summed E-state index contributed by atoms with van der Waals surface area (Å²) in [6, 6.07) is 9.92. The molecule has 23 heavy (non-hydrogen) atoms. The Morgan fingerprint density at radius 3 is 2.48 bits per heavy atom. The molecule has 126 valence electrons. The fourth-order valence-corrected chi connectivity index (χ4v) is 2.87. The van der Waals surface area contributed by atoms with E-state index in [1.54, 1.807) is 4.90 Å². The molecule has 1 saturated heterocycles. The molecule has 1 fully saturated rings. The van der Waals surface area contributed by atoms with E-state index in [1.807, 2.05) is 51.1 Å². The first-order valence-corrected chi connectivity index (χ1v) is 8.38. The van der Waals surface area contributed by atoms with Gasteiger partial charge in [0.1, 0.15) is 0 Å². The molecule has 0 unspecified atom stereocenters. The number of urea groups is 1. The van der Waals surface area contributed by atoms with Gasteiger partial charge in [-0.3, -0.25) is 4.79 Å². The van der Waals surface area contributed by atoms with Crippen molar-refractivity contribution in [2.75, 3.05) is 13.1 Å². The van der Waals surface area contributed by atoms with E-state index in [9.17, 15) is 9.59 Å². The van der Waals surface area contributed by atoms with Gasteiger partial charge in [0.05, 0.1) is 12.0 Å². The zero-order valence-corrected chi connectivity index (χ0v) is 14.2. The van der Waals surface area contributed by atoms with Gasteiger partial charge in [0, 0.05) is 19.1 Å². The molecule has 0 spiro atoms. The summed E-state index contributed by atoms with van der Waals surface area (Å²) < 4.78 is 0. The minimum Gasteiger partial charge on any atom is -0.349 e. The predicted molar refractivity (Wildman–Crippen MR) is 91.0 cm³/mol. The number of nitrogens with one attached hydrogen (secondary N) is 2. The van der Waals surface area contributed by atoms with E-state index in [1.165, 1.54) is 0 Å². The lowest BCUT2D eigenvalue weighted by Gasteiger charge is -2.33. The predicted octanol–water partition coefficient (Wildman–Crippen LogP) is 2.69. The molecule has 0 saturated carbocycles. The van der Waals surface area contributed by atoms with Gasteiger partial charge in [0.15, 0.2) is 0 Å². The monoisotopic (exact) mass is 317 g/mol. The second-order valence-electron chi connectivity index (χ2n) is 6.53. The number of carbonyl (C=O) groups excluding carboxylic acids is 2. The molecule has 5 nitrogen and oxygen atoms in total. The molecule has 3 amide bonds. The number of benzene rings is 1. The van der Waals surface area contributed by atoms with Gasteiger partial charge in [-0.25, -0.2) is 4.79 Å². The number of hydrogen-bond acceptors (Lipinski definition) is 2. The molecule has 2 atom stereocenters. The first-order valence-electron chi connectivity index (χ1n) is 8.38. The van der Waals surface area contributed by atoms with Gasteiger partial charge in [-0.1, -0.05) is 30.3 Å². The van der Waals surface area contributed by atoms with E-state index >= 15 is 0 Å². The molecule has 0 bridgehead atoms. The minimum absolute atomic E-state index is 0.0245. The van der Waals surface area contributed by atoms with Crippen LogP contribution in [0.5, 0.6) is 0 Å². The van der Waals surface area contributed by atoms with Crippen molar-refractivity contribution in [3.8, 4) is 0 Å². The maximum atomic E-state index is 12.5. The smallest absolute Gasteiger partial charge is 0.317 e. The Hall–Kier alpha value is -2.04. The van der Waals surface area contributed by atoms with Crippen LogP contribution in [0.1, 0.15) is 45.2 Å². The van der Waals surface area contributed by atoms with Crippen LogP contribution in [0.25, 0.3) is 0 Å². The Bertz CT molecular complexity index is 530. The van der Waals surface area contributed by atoms with Gasteiger partial charge in [0.25, 0.3) is 0 Å². The largest absolute Gasteiger partial charge is 0.349 e. The van der Waals surface area contributed by atoms with Gasteiger partial charge in [-0.05, 0) is 39.2 Å². The molecular formula is C18H27N3O2. The number of nitrogens with zero attached hydrogens (tertiary/aromatic N) is 1. The first kappa shape index (κ1) is 17.3. The van der Waals surface area contributed by atoms with Crippen LogP contribution in [0.2, 0.25) is 0 Å². The van der Waals surface area contributed by atoms with Crippen LogP contribution in [0.3, 0.4) is 0 Å². The van der Waals surface area contributed by atoms with Crippen LogP contribution >= 0.6 is 0 Å². The van der Waals surface area contributed by atoms with Crippen LogP contribution in [0.15, 0.2) is 30.3 Å². The lowest BCUT2D eigenvalue weighted by molar-refractivity contribution is -0.126. The summed E-state index contributed by atoms with van der Waals surface area (Å²) in [5.74, 6) is -0.101. The molecule has 1 aromatic carbocycles. The normalized spacial score (nSPS) is 19.3. The first-order chi connectivity index (χ1) is 11.0. The average molecular weight is 317 g/mol. The fourth-order valence-electron chi connectivity index (χ4n) is 2.87. The number of carbonyl (C=O) groups is 2. The van der Waals surface area contributed by atoms with Crippen LogP contribution < -0.4 is 10.6 Å². The van der Waals surface area contributed by atoms with Crippen molar-refractivity contribution in [1.29, 1.82) is 0 Å². The molecule has 0 aliphatic carbocycles. The van der Waals surface area contributed by atoms with Crippen LogP contribution in [-0.2, 0) is 4.79 Å². The molecule has 1 aromatic rings. The fraction of sp³-hybridized carbons (Fsp3) is 0.556. The summed E-state index contributed by atoms with van der Waals surface area (Å²) >= 11 is 0. The highest BCUT2D eigenvalue weighted by molar-refractivity contribution is 5.81. The highest BCUT2D eigenvalue weighted by Crippen LogP contribution is 2.19. The van der Waals surface area contributed by atoms with Crippen molar-refractivity contribution in [2.24, 2.45) is 5.92 Å². The van der Waals surface area contributed by atoms with E-state index in [2.05, 4.69) is 10.6 Å². The molecular weight excluding hydrogens is 290 g/mol.